The van der Waals surface area contributed by atoms with E-state index in [1.54, 1.807) is 6.20 Å². The van der Waals surface area contributed by atoms with E-state index in [1.165, 1.54) is 6.20 Å². The van der Waals surface area contributed by atoms with E-state index in [0.29, 0.717) is 5.95 Å². The Morgan fingerprint density at radius 1 is 1.21 bits per heavy atom. The molecule has 3 N–H and O–H groups in total. The lowest BCUT2D eigenvalue weighted by Gasteiger charge is -2.44. The second-order valence-electron chi connectivity index (χ2n) is 7.36. The fraction of sp³-hybridized carbons (Fsp3) is 0.421. The molecule has 146 valence electrons. The largest absolute Gasteiger partial charge is 0.372 e. The van der Waals surface area contributed by atoms with Gasteiger partial charge in [0, 0.05) is 37.3 Å². The van der Waals surface area contributed by atoms with Crippen LogP contribution in [0.1, 0.15) is 12.8 Å². The lowest BCUT2D eigenvalue weighted by Crippen LogP contribution is -2.55. The van der Waals surface area contributed by atoms with Gasteiger partial charge in [0.1, 0.15) is 0 Å². The molecule has 2 saturated heterocycles. The molecular weight excluding hydrogens is 361 g/mol. The fourth-order valence-corrected chi connectivity index (χ4v) is 3.90. The first-order valence-electron chi connectivity index (χ1n) is 9.53. The highest BCUT2D eigenvalue weighted by molar-refractivity contribution is 5.82. The summed E-state index contributed by atoms with van der Waals surface area (Å²) in [5.41, 5.74) is 1.59. The van der Waals surface area contributed by atoms with Crippen molar-refractivity contribution < 1.29 is 9.13 Å². The van der Waals surface area contributed by atoms with E-state index < -0.39 is 5.82 Å². The third-order valence-corrected chi connectivity index (χ3v) is 5.53. The summed E-state index contributed by atoms with van der Waals surface area (Å²) in [5, 5.41) is 14.3. The molecular formula is C19H22FN7O. The van der Waals surface area contributed by atoms with Crippen LogP contribution in [0.4, 0.5) is 21.8 Å². The number of nitrogens with zero attached hydrogens (tertiary/aromatic N) is 4. The first kappa shape index (κ1) is 17.3. The molecule has 1 aromatic carbocycles. The second-order valence-corrected chi connectivity index (χ2v) is 7.36. The lowest BCUT2D eigenvalue weighted by molar-refractivity contribution is -0.0800. The van der Waals surface area contributed by atoms with Crippen molar-refractivity contribution >= 4 is 28.4 Å². The zero-order chi connectivity index (χ0) is 19.0. The number of ether oxygens (including phenoxy) is 1. The van der Waals surface area contributed by atoms with Crippen LogP contribution >= 0.6 is 0 Å². The Balaban J connectivity index is 1.33. The van der Waals surface area contributed by atoms with Crippen LogP contribution in [0.5, 0.6) is 0 Å². The maximum Gasteiger partial charge on any atom is 0.227 e. The van der Waals surface area contributed by atoms with Crippen molar-refractivity contribution in [1.29, 1.82) is 0 Å². The topological polar surface area (TPSA) is 91.0 Å². The molecule has 0 radical (unpaired) electrons. The lowest BCUT2D eigenvalue weighted by atomic mass is 9.90. The standard InChI is InChI=1S/C19H22FN7O/c20-15-11-22-18(27-6-3-19(4-7-27)12-21-5-8-28-19)25-17(15)24-14-1-2-16-13(9-14)10-23-26-16/h1-2,9-11,21H,3-8,12H2,(H,23,26)(H,22,24,25). The van der Waals surface area contributed by atoms with Gasteiger partial charge < -0.3 is 20.3 Å². The highest BCUT2D eigenvalue weighted by Gasteiger charge is 2.37. The zero-order valence-electron chi connectivity index (χ0n) is 15.4. The van der Waals surface area contributed by atoms with Crippen molar-refractivity contribution in [3.05, 3.63) is 36.4 Å². The van der Waals surface area contributed by atoms with Crippen LogP contribution in [-0.4, -0.2) is 58.6 Å². The molecule has 2 aliphatic rings. The molecule has 28 heavy (non-hydrogen) atoms. The van der Waals surface area contributed by atoms with Gasteiger partial charge in [-0.15, -0.1) is 0 Å². The van der Waals surface area contributed by atoms with E-state index in [-0.39, 0.29) is 11.4 Å². The predicted octanol–water partition coefficient (Wildman–Crippen LogP) is 2.19. The zero-order valence-corrected chi connectivity index (χ0v) is 15.4. The summed E-state index contributed by atoms with van der Waals surface area (Å²) < 4.78 is 20.3. The Bertz CT molecular complexity index is 975. The number of H-pyrrole nitrogens is 1. The van der Waals surface area contributed by atoms with Crippen LogP contribution in [0.3, 0.4) is 0 Å². The van der Waals surface area contributed by atoms with E-state index >= 15 is 0 Å². The van der Waals surface area contributed by atoms with Gasteiger partial charge in [0.05, 0.1) is 30.1 Å². The number of halogens is 1. The maximum absolute atomic E-state index is 14.3. The normalized spacial score (nSPS) is 19.2. The Hall–Kier alpha value is -2.78. The van der Waals surface area contributed by atoms with E-state index in [9.17, 15) is 4.39 Å². The minimum absolute atomic E-state index is 0.0874. The second kappa shape index (κ2) is 6.99. The van der Waals surface area contributed by atoms with E-state index in [0.717, 1.165) is 62.2 Å². The summed E-state index contributed by atoms with van der Waals surface area (Å²) in [6.07, 6.45) is 4.76. The van der Waals surface area contributed by atoms with Gasteiger partial charge in [-0.3, -0.25) is 5.10 Å². The highest BCUT2D eigenvalue weighted by Crippen LogP contribution is 2.30. The first-order chi connectivity index (χ1) is 13.7. The van der Waals surface area contributed by atoms with Crippen molar-refractivity contribution in [2.75, 3.05) is 43.0 Å². The van der Waals surface area contributed by atoms with Gasteiger partial charge >= 0.3 is 0 Å². The van der Waals surface area contributed by atoms with Crippen molar-refractivity contribution in [2.45, 2.75) is 18.4 Å². The van der Waals surface area contributed by atoms with Crippen LogP contribution in [-0.2, 0) is 4.74 Å². The van der Waals surface area contributed by atoms with Gasteiger partial charge in [-0.2, -0.15) is 10.1 Å². The number of piperidine rings is 1. The van der Waals surface area contributed by atoms with Crippen LogP contribution in [0.25, 0.3) is 10.9 Å². The average molecular weight is 383 g/mol. The minimum atomic E-state index is -0.482. The van der Waals surface area contributed by atoms with Gasteiger partial charge in [0.25, 0.3) is 0 Å². The molecule has 2 aliphatic heterocycles. The summed E-state index contributed by atoms with van der Waals surface area (Å²) >= 11 is 0. The maximum atomic E-state index is 14.3. The Morgan fingerprint density at radius 3 is 2.93 bits per heavy atom. The van der Waals surface area contributed by atoms with Gasteiger partial charge in [0.15, 0.2) is 11.6 Å². The van der Waals surface area contributed by atoms with E-state index in [4.69, 9.17) is 4.74 Å². The van der Waals surface area contributed by atoms with Gasteiger partial charge in [-0.25, -0.2) is 9.37 Å². The predicted molar refractivity (Wildman–Crippen MR) is 104 cm³/mol. The van der Waals surface area contributed by atoms with Gasteiger partial charge in [0.2, 0.25) is 5.95 Å². The SMILES string of the molecule is Fc1cnc(N2CCC3(CC2)CNCCO3)nc1Nc1ccc2[nH]ncc2c1. The summed E-state index contributed by atoms with van der Waals surface area (Å²) in [6.45, 7) is 4.12. The number of aromatic amines is 1. The number of hydrogen-bond donors (Lipinski definition) is 3. The molecule has 4 heterocycles. The van der Waals surface area contributed by atoms with Crippen molar-refractivity contribution in [3.63, 3.8) is 0 Å². The number of anilines is 3. The average Bonchev–Trinajstić information content (AvgIpc) is 3.19. The number of hydrogen-bond acceptors (Lipinski definition) is 7. The number of fused-ring (bicyclic) bond motifs is 1. The number of rotatable bonds is 3. The van der Waals surface area contributed by atoms with Crippen LogP contribution in [0, 0.1) is 5.82 Å². The third kappa shape index (κ3) is 3.27. The third-order valence-electron chi connectivity index (χ3n) is 5.53. The molecule has 0 bridgehead atoms. The van der Waals surface area contributed by atoms with Gasteiger partial charge in [-0.05, 0) is 31.0 Å². The monoisotopic (exact) mass is 383 g/mol. The highest BCUT2D eigenvalue weighted by atomic mass is 19.1. The summed E-state index contributed by atoms with van der Waals surface area (Å²) in [6, 6.07) is 5.66. The number of morpholine rings is 1. The quantitative estimate of drug-likeness (QED) is 0.639. The molecule has 9 heteroatoms. The van der Waals surface area contributed by atoms with Crippen LogP contribution in [0.2, 0.25) is 0 Å². The summed E-state index contributed by atoms with van der Waals surface area (Å²) in [4.78, 5) is 10.7. The molecule has 2 aromatic heterocycles. The number of nitrogens with one attached hydrogen (secondary N) is 3. The van der Waals surface area contributed by atoms with Crippen LogP contribution in [0.15, 0.2) is 30.6 Å². The van der Waals surface area contributed by atoms with Crippen molar-refractivity contribution in [2.24, 2.45) is 0 Å². The van der Waals surface area contributed by atoms with Crippen molar-refractivity contribution in [3.8, 4) is 0 Å². The molecule has 3 aromatic rings. The molecule has 0 unspecified atom stereocenters. The fourth-order valence-electron chi connectivity index (χ4n) is 3.90. The molecule has 8 nitrogen and oxygen atoms in total. The number of aromatic nitrogens is 4. The molecule has 0 amide bonds. The molecule has 0 atom stereocenters. The molecule has 0 saturated carbocycles. The van der Waals surface area contributed by atoms with E-state index in [2.05, 4.69) is 35.7 Å². The minimum Gasteiger partial charge on any atom is -0.372 e. The Morgan fingerprint density at radius 2 is 2.11 bits per heavy atom. The van der Waals surface area contributed by atoms with Crippen LogP contribution < -0.4 is 15.5 Å². The summed E-state index contributed by atoms with van der Waals surface area (Å²) in [7, 11) is 0. The Kier molecular flexibility index (Phi) is 4.33. The number of benzene rings is 1. The molecule has 0 aliphatic carbocycles. The molecule has 1 spiro atoms. The smallest absolute Gasteiger partial charge is 0.227 e. The van der Waals surface area contributed by atoms with E-state index in [1.807, 2.05) is 18.2 Å². The summed E-state index contributed by atoms with van der Waals surface area (Å²) in [5.74, 6) is 0.222. The van der Waals surface area contributed by atoms with Gasteiger partial charge in [-0.1, -0.05) is 0 Å². The molecule has 5 rings (SSSR count). The molecule has 2 fully saturated rings. The first-order valence-corrected chi connectivity index (χ1v) is 9.53. The Labute approximate surface area is 161 Å². The van der Waals surface area contributed by atoms with Crippen molar-refractivity contribution in [1.82, 2.24) is 25.5 Å².